The van der Waals surface area contributed by atoms with Gasteiger partial charge < -0.3 is 4.90 Å². The lowest BCUT2D eigenvalue weighted by molar-refractivity contribution is -0.384. The van der Waals surface area contributed by atoms with E-state index in [2.05, 4.69) is 17.1 Å². The molecule has 0 saturated heterocycles. The van der Waals surface area contributed by atoms with E-state index in [-0.39, 0.29) is 35.1 Å². The first kappa shape index (κ1) is 18.8. The number of non-ortho nitro benzene ring substituents is 1. The minimum absolute atomic E-state index is 0.0146. The molecule has 8 nitrogen and oxygen atoms in total. The molecule has 8 heteroatoms. The number of rotatable bonds is 4. The fourth-order valence-corrected chi connectivity index (χ4v) is 3.93. The molecule has 0 saturated carbocycles. The van der Waals surface area contributed by atoms with Crippen LogP contribution in [0.15, 0.2) is 53.6 Å². The van der Waals surface area contributed by atoms with Crippen molar-refractivity contribution >= 4 is 22.5 Å². The van der Waals surface area contributed by atoms with Gasteiger partial charge in [-0.15, -0.1) is 0 Å². The number of aryl methyl sites for hydroxylation is 1. The molecule has 1 aliphatic carbocycles. The van der Waals surface area contributed by atoms with E-state index in [0.29, 0.717) is 0 Å². The number of carbonyl (C=O) groups is 1. The van der Waals surface area contributed by atoms with E-state index < -0.39 is 10.5 Å². The Hall–Kier alpha value is -3.55. The summed E-state index contributed by atoms with van der Waals surface area (Å²) in [5.41, 5.74) is 2.13. The number of nitrogens with zero attached hydrogens (tertiary/aromatic N) is 4. The van der Waals surface area contributed by atoms with Gasteiger partial charge in [0.15, 0.2) is 0 Å². The molecule has 4 rings (SSSR count). The highest BCUT2D eigenvalue weighted by atomic mass is 16.6. The number of amides is 1. The monoisotopic (exact) mass is 392 g/mol. The van der Waals surface area contributed by atoms with Crippen molar-refractivity contribution in [3.05, 3.63) is 80.4 Å². The second kappa shape index (κ2) is 7.46. The zero-order chi connectivity index (χ0) is 20.5. The minimum Gasteiger partial charge on any atom is -0.337 e. The number of carbonyl (C=O) groups excluding carboxylic acids is 1. The summed E-state index contributed by atoms with van der Waals surface area (Å²) in [6, 6.07) is 12.0. The summed E-state index contributed by atoms with van der Waals surface area (Å²) in [5.74, 6) is -0.183. The predicted octanol–water partition coefficient (Wildman–Crippen LogP) is 2.84. The Morgan fingerprint density at radius 1 is 1.31 bits per heavy atom. The van der Waals surface area contributed by atoms with Crippen molar-refractivity contribution in [3.8, 4) is 0 Å². The minimum atomic E-state index is -0.535. The van der Waals surface area contributed by atoms with Gasteiger partial charge in [-0.1, -0.05) is 24.3 Å². The molecule has 2 aromatic carbocycles. The van der Waals surface area contributed by atoms with Crippen LogP contribution in [0.4, 0.5) is 5.69 Å². The highest BCUT2D eigenvalue weighted by Gasteiger charge is 2.26. The van der Waals surface area contributed by atoms with E-state index in [0.717, 1.165) is 24.8 Å². The highest BCUT2D eigenvalue weighted by Crippen LogP contribution is 2.33. The first-order chi connectivity index (χ1) is 14.0. The van der Waals surface area contributed by atoms with Gasteiger partial charge in [0.2, 0.25) is 5.91 Å². The van der Waals surface area contributed by atoms with Crippen molar-refractivity contribution in [3.63, 3.8) is 0 Å². The summed E-state index contributed by atoms with van der Waals surface area (Å²) < 4.78 is 1.25. The quantitative estimate of drug-likeness (QED) is 0.502. The van der Waals surface area contributed by atoms with Crippen molar-refractivity contribution in [2.24, 2.45) is 0 Å². The Morgan fingerprint density at radius 2 is 2.10 bits per heavy atom. The summed E-state index contributed by atoms with van der Waals surface area (Å²) in [6.45, 7) is -0.131. The normalized spacial score (nSPS) is 15.7. The van der Waals surface area contributed by atoms with Gasteiger partial charge in [-0.3, -0.25) is 24.3 Å². The van der Waals surface area contributed by atoms with Crippen molar-refractivity contribution < 1.29 is 9.72 Å². The number of hydrogen-bond acceptors (Lipinski definition) is 5. The van der Waals surface area contributed by atoms with Crippen molar-refractivity contribution in [1.82, 2.24) is 14.5 Å². The highest BCUT2D eigenvalue weighted by molar-refractivity contribution is 5.81. The third-order valence-corrected chi connectivity index (χ3v) is 5.52. The fourth-order valence-electron chi connectivity index (χ4n) is 3.93. The lowest BCUT2D eigenvalue weighted by atomic mass is 9.87. The molecular formula is C21H20N4O4. The van der Waals surface area contributed by atoms with Gasteiger partial charge in [0.25, 0.3) is 11.2 Å². The van der Waals surface area contributed by atoms with E-state index in [4.69, 9.17) is 0 Å². The average Bonchev–Trinajstić information content (AvgIpc) is 2.74. The van der Waals surface area contributed by atoms with Gasteiger partial charge in [0.1, 0.15) is 6.54 Å². The van der Waals surface area contributed by atoms with Crippen LogP contribution in [0.1, 0.15) is 30.0 Å². The van der Waals surface area contributed by atoms with Crippen LogP contribution in [0.25, 0.3) is 10.9 Å². The van der Waals surface area contributed by atoms with E-state index in [1.807, 2.05) is 12.1 Å². The molecule has 0 spiro atoms. The number of nitro benzene ring substituents is 1. The molecule has 0 bridgehead atoms. The Morgan fingerprint density at radius 3 is 2.90 bits per heavy atom. The molecule has 1 aliphatic rings. The molecule has 148 valence electrons. The number of hydrogen-bond donors (Lipinski definition) is 0. The molecule has 1 atom stereocenters. The maximum atomic E-state index is 12.9. The third-order valence-electron chi connectivity index (χ3n) is 5.52. The van der Waals surface area contributed by atoms with E-state index in [9.17, 15) is 19.7 Å². The fraction of sp³-hybridized carbons (Fsp3) is 0.286. The zero-order valence-corrected chi connectivity index (χ0v) is 15.9. The number of fused-ring (bicyclic) bond motifs is 2. The van der Waals surface area contributed by atoms with Crippen LogP contribution in [0.3, 0.4) is 0 Å². The number of nitro groups is 1. The SMILES string of the molecule is CN(C(=O)Cn1cnc2cc([N+](=O)[O-])ccc2c1=O)C1CCCc2ccccc21. The largest absolute Gasteiger partial charge is 0.337 e. The molecule has 1 heterocycles. The second-order valence-corrected chi connectivity index (χ2v) is 7.25. The Bertz CT molecular complexity index is 1170. The Balaban J connectivity index is 1.59. The third kappa shape index (κ3) is 3.49. The maximum absolute atomic E-state index is 12.9. The summed E-state index contributed by atoms with van der Waals surface area (Å²) in [4.78, 5) is 41.8. The van der Waals surface area contributed by atoms with Gasteiger partial charge >= 0.3 is 0 Å². The topological polar surface area (TPSA) is 98.3 Å². The Labute approximate surface area is 166 Å². The number of aromatic nitrogens is 2. The smallest absolute Gasteiger partial charge is 0.271 e. The lowest BCUT2D eigenvalue weighted by Crippen LogP contribution is -2.37. The van der Waals surface area contributed by atoms with E-state index in [1.165, 1.54) is 34.7 Å². The van der Waals surface area contributed by atoms with Crippen LogP contribution in [-0.2, 0) is 17.8 Å². The lowest BCUT2D eigenvalue weighted by Gasteiger charge is -2.33. The molecule has 0 aliphatic heterocycles. The number of benzene rings is 2. The molecule has 1 unspecified atom stereocenters. The number of likely N-dealkylation sites (N-methyl/N-ethyl adjacent to an activating group) is 1. The van der Waals surface area contributed by atoms with Crippen molar-refractivity contribution in [2.45, 2.75) is 31.8 Å². The second-order valence-electron chi connectivity index (χ2n) is 7.25. The van der Waals surface area contributed by atoms with Crippen molar-refractivity contribution in [1.29, 1.82) is 0 Å². The maximum Gasteiger partial charge on any atom is 0.271 e. The van der Waals surface area contributed by atoms with Gasteiger partial charge in [-0.25, -0.2) is 4.98 Å². The van der Waals surface area contributed by atoms with Crippen LogP contribution < -0.4 is 5.56 Å². The molecule has 1 aromatic heterocycles. The summed E-state index contributed by atoms with van der Waals surface area (Å²) in [6.07, 6.45) is 4.17. The van der Waals surface area contributed by atoms with Crippen LogP contribution >= 0.6 is 0 Å². The average molecular weight is 392 g/mol. The molecular weight excluding hydrogens is 372 g/mol. The molecule has 0 fully saturated rings. The molecule has 0 N–H and O–H groups in total. The van der Waals surface area contributed by atoms with Crippen LogP contribution in [0, 0.1) is 10.1 Å². The first-order valence-electron chi connectivity index (χ1n) is 9.43. The standard InChI is InChI=1S/C21H20N4O4/c1-23(19-8-4-6-14-5-2-3-7-16(14)19)20(26)12-24-13-22-18-11-15(25(28)29)9-10-17(18)21(24)27/h2-3,5,7,9-11,13,19H,4,6,8,12H2,1H3. The molecule has 3 aromatic rings. The van der Waals surface area contributed by atoms with Gasteiger partial charge in [-0.2, -0.15) is 0 Å². The Kier molecular flexibility index (Phi) is 4.84. The van der Waals surface area contributed by atoms with Crippen molar-refractivity contribution in [2.75, 3.05) is 7.05 Å². The molecule has 29 heavy (non-hydrogen) atoms. The summed E-state index contributed by atoms with van der Waals surface area (Å²) in [5, 5.41) is 11.1. The molecule has 0 radical (unpaired) electrons. The summed E-state index contributed by atoms with van der Waals surface area (Å²) >= 11 is 0. The van der Waals surface area contributed by atoms with Gasteiger partial charge in [-0.05, 0) is 36.5 Å². The molecule has 1 amide bonds. The first-order valence-corrected chi connectivity index (χ1v) is 9.43. The van der Waals surface area contributed by atoms with Crippen LogP contribution in [-0.4, -0.2) is 32.3 Å². The zero-order valence-electron chi connectivity index (χ0n) is 15.9. The predicted molar refractivity (Wildman–Crippen MR) is 108 cm³/mol. The van der Waals surface area contributed by atoms with Crippen LogP contribution in [0.2, 0.25) is 0 Å². The van der Waals surface area contributed by atoms with E-state index >= 15 is 0 Å². The summed E-state index contributed by atoms with van der Waals surface area (Å²) in [7, 11) is 1.76. The van der Waals surface area contributed by atoms with Crippen LogP contribution in [0.5, 0.6) is 0 Å². The van der Waals surface area contributed by atoms with Gasteiger partial charge in [0, 0.05) is 19.2 Å². The van der Waals surface area contributed by atoms with E-state index in [1.54, 1.807) is 11.9 Å². The van der Waals surface area contributed by atoms with Gasteiger partial charge in [0.05, 0.1) is 28.2 Å².